The van der Waals surface area contributed by atoms with Gasteiger partial charge >= 0.3 is 0 Å². The molecule has 2 aromatic carbocycles. The van der Waals surface area contributed by atoms with Gasteiger partial charge in [0, 0.05) is 18.8 Å². The van der Waals surface area contributed by atoms with Gasteiger partial charge < -0.3 is 9.64 Å². The lowest BCUT2D eigenvalue weighted by Crippen LogP contribution is -2.35. The Kier molecular flexibility index (Phi) is 5.53. The maximum atomic E-state index is 13.0. The van der Waals surface area contributed by atoms with Gasteiger partial charge in [0.15, 0.2) is 0 Å². The van der Waals surface area contributed by atoms with Crippen LogP contribution in [0.25, 0.3) is 0 Å². The summed E-state index contributed by atoms with van der Waals surface area (Å²) in [6.07, 6.45) is 0.741. The maximum absolute atomic E-state index is 13.0. The standard InChI is InChI=1S/C22H22N2O4S2/c1-15-5-8-19(28-2)21(12-15)30(26,27)23-18-7-6-16-9-10-24(14-17(16)13-18)22(25)20-4-3-11-29-20/h3-8,11-13,23H,9-10,14H2,1-2H3. The number of ether oxygens (including phenoxy) is 1. The molecule has 4 rings (SSSR count). The second-order valence-corrected chi connectivity index (χ2v) is 9.80. The van der Waals surface area contributed by atoms with Gasteiger partial charge in [0.1, 0.15) is 10.6 Å². The topological polar surface area (TPSA) is 75.7 Å². The van der Waals surface area contributed by atoms with E-state index in [1.807, 2.05) is 36.6 Å². The number of fused-ring (bicyclic) bond motifs is 1. The van der Waals surface area contributed by atoms with Crippen molar-refractivity contribution in [2.75, 3.05) is 18.4 Å². The molecule has 0 saturated carbocycles. The Labute approximate surface area is 180 Å². The summed E-state index contributed by atoms with van der Waals surface area (Å²) in [5, 5.41) is 1.89. The summed E-state index contributed by atoms with van der Waals surface area (Å²) in [5.41, 5.74) is 3.36. The number of anilines is 1. The molecule has 1 aromatic heterocycles. The summed E-state index contributed by atoms with van der Waals surface area (Å²) in [6.45, 7) is 2.93. The SMILES string of the molecule is COc1ccc(C)cc1S(=O)(=O)Nc1ccc2c(c1)CN(C(=O)c1cccs1)CC2. The minimum absolute atomic E-state index is 0.00568. The molecule has 0 bridgehead atoms. The van der Waals surface area contributed by atoms with E-state index >= 15 is 0 Å². The molecule has 0 saturated heterocycles. The Hall–Kier alpha value is -2.84. The normalized spacial score (nSPS) is 13.6. The van der Waals surface area contributed by atoms with Crippen molar-refractivity contribution >= 4 is 33.0 Å². The van der Waals surface area contributed by atoms with Gasteiger partial charge in [-0.3, -0.25) is 9.52 Å². The zero-order chi connectivity index (χ0) is 21.3. The molecule has 0 aliphatic carbocycles. The number of rotatable bonds is 5. The summed E-state index contributed by atoms with van der Waals surface area (Å²) < 4.78 is 33.8. The first-order valence-corrected chi connectivity index (χ1v) is 11.9. The lowest BCUT2D eigenvalue weighted by Gasteiger charge is -2.29. The fraction of sp³-hybridized carbons (Fsp3) is 0.227. The number of nitrogens with zero attached hydrogens (tertiary/aromatic N) is 1. The van der Waals surface area contributed by atoms with E-state index in [9.17, 15) is 13.2 Å². The van der Waals surface area contributed by atoms with Crippen LogP contribution in [0.3, 0.4) is 0 Å². The highest BCUT2D eigenvalue weighted by atomic mass is 32.2. The van der Waals surface area contributed by atoms with Gasteiger partial charge in [-0.15, -0.1) is 11.3 Å². The van der Waals surface area contributed by atoms with Crippen LogP contribution >= 0.6 is 11.3 Å². The fourth-order valence-electron chi connectivity index (χ4n) is 3.55. The van der Waals surface area contributed by atoms with Crippen LogP contribution in [-0.4, -0.2) is 32.9 Å². The van der Waals surface area contributed by atoms with Crippen LogP contribution in [0.5, 0.6) is 5.75 Å². The van der Waals surface area contributed by atoms with Crippen molar-refractivity contribution in [2.24, 2.45) is 0 Å². The molecule has 6 nitrogen and oxygen atoms in total. The van der Waals surface area contributed by atoms with E-state index in [-0.39, 0.29) is 10.8 Å². The Balaban J connectivity index is 1.58. The molecule has 8 heteroatoms. The molecular weight excluding hydrogens is 420 g/mol. The summed E-state index contributed by atoms with van der Waals surface area (Å²) in [5.74, 6) is 0.296. The average molecular weight is 443 g/mol. The number of amides is 1. The third-order valence-corrected chi connectivity index (χ3v) is 7.36. The zero-order valence-corrected chi connectivity index (χ0v) is 18.3. The Bertz CT molecular complexity index is 1190. The Morgan fingerprint density at radius 1 is 1.13 bits per heavy atom. The summed E-state index contributed by atoms with van der Waals surface area (Å²) in [4.78, 5) is 15.3. The molecule has 1 N–H and O–H groups in total. The molecule has 0 atom stereocenters. The van der Waals surface area contributed by atoms with Gasteiger partial charge in [-0.2, -0.15) is 0 Å². The summed E-state index contributed by atoms with van der Waals surface area (Å²) in [7, 11) is -2.38. The number of aryl methyl sites for hydroxylation is 1. The largest absolute Gasteiger partial charge is 0.495 e. The maximum Gasteiger partial charge on any atom is 0.265 e. The molecule has 1 aliphatic rings. The van der Waals surface area contributed by atoms with E-state index < -0.39 is 10.0 Å². The lowest BCUT2D eigenvalue weighted by molar-refractivity contribution is 0.0739. The number of sulfonamides is 1. The fourth-order valence-corrected chi connectivity index (χ4v) is 5.55. The Morgan fingerprint density at radius 2 is 1.97 bits per heavy atom. The highest BCUT2D eigenvalue weighted by Crippen LogP contribution is 2.29. The number of carbonyl (C=O) groups excluding carboxylic acids is 1. The Morgan fingerprint density at radius 3 is 2.70 bits per heavy atom. The molecule has 0 fully saturated rings. The minimum Gasteiger partial charge on any atom is -0.495 e. The quantitative estimate of drug-likeness (QED) is 0.646. The van der Waals surface area contributed by atoms with Crippen molar-refractivity contribution in [3.05, 3.63) is 75.5 Å². The smallest absolute Gasteiger partial charge is 0.265 e. The van der Waals surface area contributed by atoms with Crippen LogP contribution in [0, 0.1) is 6.92 Å². The lowest BCUT2D eigenvalue weighted by atomic mass is 9.99. The van der Waals surface area contributed by atoms with Crippen LogP contribution in [0.4, 0.5) is 5.69 Å². The van der Waals surface area contributed by atoms with E-state index in [1.165, 1.54) is 18.4 Å². The van der Waals surface area contributed by atoms with E-state index in [0.717, 1.165) is 23.1 Å². The molecule has 0 unspecified atom stereocenters. The minimum atomic E-state index is -3.82. The molecule has 1 aliphatic heterocycles. The predicted octanol–water partition coefficient (Wildman–Crippen LogP) is 4.06. The first kappa shape index (κ1) is 20.4. The van der Waals surface area contributed by atoms with Crippen molar-refractivity contribution in [2.45, 2.75) is 24.8 Å². The number of nitrogens with one attached hydrogen (secondary N) is 1. The van der Waals surface area contributed by atoms with Gasteiger partial charge in [-0.25, -0.2) is 8.42 Å². The van der Waals surface area contributed by atoms with Crippen molar-refractivity contribution in [1.29, 1.82) is 0 Å². The first-order chi connectivity index (χ1) is 14.4. The average Bonchev–Trinajstić information content (AvgIpc) is 3.27. The zero-order valence-electron chi connectivity index (χ0n) is 16.7. The van der Waals surface area contributed by atoms with E-state index in [0.29, 0.717) is 29.4 Å². The van der Waals surface area contributed by atoms with Crippen molar-refractivity contribution in [3.63, 3.8) is 0 Å². The van der Waals surface area contributed by atoms with Gasteiger partial charge in [-0.05, 0) is 65.7 Å². The highest BCUT2D eigenvalue weighted by molar-refractivity contribution is 7.92. The van der Waals surface area contributed by atoms with E-state index in [2.05, 4.69) is 4.72 Å². The van der Waals surface area contributed by atoms with Gasteiger partial charge in [-0.1, -0.05) is 18.2 Å². The molecule has 0 radical (unpaired) electrons. The first-order valence-electron chi connectivity index (χ1n) is 9.49. The second kappa shape index (κ2) is 8.12. The molecule has 0 spiro atoms. The molecule has 3 aromatic rings. The van der Waals surface area contributed by atoms with Crippen LogP contribution in [0.1, 0.15) is 26.4 Å². The monoisotopic (exact) mass is 442 g/mol. The van der Waals surface area contributed by atoms with Gasteiger partial charge in [0.05, 0.1) is 12.0 Å². The molecule has 156 valence electrons. The van der Waals surface area contributed by atoms with Crippen molar-refractivity contribution in [3.8, 4) is 5.75 Å². The number of benzene rings is 2. The number of thiophene rings is 1. The van der Waals surface area contributed by atoms with E-state index in [4.69, 9.17) is 4.74 Å². The highest BCUT2D eigenvalue weighted by Gasteiger charge is 2.24. The number of hydrogen-bond donors (Lipinski definition) is 1. The third-order valence-electron chi connectivity index (χ3n) is 5.10. The molecule has 2 heterocycles. The predicted molar refractivity (Wildman–Crippen MR) is 118 cm³/mol. The van der Waals surface area contributed by atoms with Crippen LogP contribution in [0.15, 0.2) is 58.8 Å². The van der Waals surface area contributed by atoms with Crippen LogP contribution in [0.2, 0.25) is 0 Å². The van der Waals surface area contributed by atoms with Gasteiger partial charge in [0.25, 0.3) is 15.9 Å². The number of methoxy groups -OCH3 is 1. The second-order valence-electron chi connectivity index (χ2n) is 7.20. The van der Waals surface area contributed by atoms with Crippen LogP contribution in [-0.2, 0) is 23.0 Å². The van der Waals surface area contributed by atoms with Gasteiger partial charge in [0.2, 0.25) is 0 Å². The van der Waals surface area contributed by atoms with Crippen molar-refractivity contribution in [1.82, 2.24) is 4.90 Å². The summed E-state index contributed by atoms with van der Waals surface area (Å²) in [6, 6.07) is 14.2. The van der Waals surface area contributed by atoms with Crippen LogP contribution < -0.4 is 9.46 Å². The number of hydrogen-bond acceptors (Lipinski definition) is 5. The number of carbonyl (C=O) groups is 1. The van der Waals surface area contributed by atoms with E-state index in [1.54, 1.807) is 29.2 Å². The third kappa shape index (κ3) is 4.06. The van der Waals surface area contributed by atoms with Crippen molar-refractivity contribution < 1.29 is 17.9 Å². The molecular formula is C22H22N2O4S2. The summed E-state index contributed by atoms with van der Waals surface area (Å²) >= 11 is 1.42. The molecule has 30 heavy (non-hydrogen) atoms. The molecule has 1 amide bonds.